The van der Waals surface area contributed by atoms with E-state index in [1.807, 2.05) is 0 Å². The number of carbonyl (C=O) groups is 1. The minimum absolute atomic E-state index is 0.0811. The van der Waals surface area contributed by atoms with Gasteiger partial charge in [-0.15, -0.1) is 0 Å². The molecule has 0 saturated carbocycles. The minimum Gasteiger partial charge on any atom is -0.444 e. The molecule has 0 aliphatic heterocycles. The molecule has 1 aromatic carbocycles. The molecule has 1 aromatic rings. The summed E-state index contributed by atoms with van der Waals surface area (Å²) in [5.74, 6) is -0.622. The molecular weight excluding hydrogens is 291 g/mol. The molecule has 0 saturated heterocycles. The van der Waals surface area contributed by atoms with Crippen molar-refractivity contribution in [1.29, 1.82) is 0 Å². The molecule has 0 aromatic heterocycles. The molecule has 3 N–H and O–H groups in total. The maximum absolute atomic E-state index is 13.5. The van der Waals surface area contributed by atoms with E-state index in [0.29, 0.717) is 4.47 Å². The standard InChI is InChI=1S/C11H14BrFN2O2/c1-11(2,3)17-10(16)15-9-7(13)4-6(12)5-8(9)14/h4-5H,14H2,1-3H3,(H,15,16). The van der Waals surface area contributed by atoms with Gasteiger partial charge in [0.05, 0.1) is 5.69 Å². The maximum atomic E-state index is 13.5. The summed E-state index contributed by atoms with van der Waals surface area (Å²) in [5.41, 5.74) is 4.99. The molecule has 4 nitrogen and oxygen atoms in total. The highest BCUT2D eigenvalue weighted by molar-refractivity contribution is 9.10. The normalized spacial score (nSPS) is 11.1. The van der Waals surface area contributed by atoms with Crippen LogP contribution >= 0.6 is 15.9 Å². The number of nitrogen functional groups attached to an aromatic ring is 1. The summed E-state index contributed by atoms with van der Waals surface area (Å²) in [7, 11) is 0. The molecule has 0 fully saturated rings. The maximum Gasteiger partial charge on any atom is 0.412 e. The Hall–Kier alpha value is -1.30. The van der Waals surface area contributed by atoms with Crippen LogP contribution in [0.15, 0.2) is 16.6 Å². The Bertz CT molecular complexity index is 421. The number of carbonyl (C=O) groups excluding carboxylic acids is 1. The second kappa shape index (κ2) is 4.91. The lowest BCUT2D eigenvalue weighted by Crippen LogP contribution is -2.27. The zero-order chi connectivity index (χ0) is 13.2. The summed E-state index contributed by atoms with van der Waals surface area (Å²) in [5, 5.41) is 2.28. The van der Waals surface area contributed by atoms with E-state index in [0.717, 1.165) is 0 Å². The lowest BCUT2D eigenvalue weighted by Gasteiger charge is -2.20. The third-order valence-electron chi connectivity index (χ3n) is 1.71. The molecule has 0 aliphatic rings. The molecule has 0 unspecified atom stereocenters. The molecule has 6 heteroatoms. The molecule has 0 heterocycles. The van der Waals surface area contributed by atoms with Crippen LogP contribution < -0.4 is 11.1 Å². The van der Waals surface area contributed by atoms with Gasteiger partial charge in [-0.1, -0.05) is 15.9 Å². The van der Waals surface area contributed by atoms with Crippen molar-refractivity contribution in [2.75, 3.05) is 11.1 Å². The first kappa shape index (κ1) is 13.8. The van der Waals surface area contributed by atoms with Gasteiger partial charge in [0.15, 0.2) is 0 Å². The van der Waals surface area contributed by atoms with Crippen molar-refractivity contribution in [3.05, 3.63) is 22.4 Å². The van der Waals surface area contributed by atoms with Crippen molar-refractivity contribution in [1.82, 2.24) is 0 Å². The molecule has 0 radical (unpaired) electrons. The van der Waals surface area contributed by atoms with Crippen LogP contribution in [0, 0.1) is 5.82 Å². The van der Waals surface area contributed by atoms with Crippen LogP contribution in [0.1, 0.15) is 20.8 Å². The van der Waals surface area contributed by atoms with E-state index in [1.54, 1.807) is 20.8 Å². The first-order valence-electron chi connectivity index (χ1n) is 4.93. The third-order valence-corrected chi connectivity index (χ3v) is 2.17. The van der Waals surface area contributed by atoms with E-state index in [-0.39, 0.29) is 11.4 Å². The van der Waals surface area contributed by atoms with Gasteiger partial charge in [-0.25, -0.2) is 9.18 Å². The fourth-order valence-corrected chi connectivity index (χ4v) is 1.58. The summed E-state index contributed by atoms with van der Waals surface area (Å²) < 4.78 is 19.0. The quantitative estimate of drug-likeness (QED) is 0.780. The molecule has 0 spiro atoms. The summed E-state index contributed by atoms with van der Waals surface area (Å²) in [6.45, 7) is 5.15. The zero-order valence-electron chi connectivity index (χ0n) is 9.80. The van der Waals surface area contributed by atoms with Crippen molar-refractivity contribution in [2.45, 2.75) is 26.4 Å². The van der Waals surface area contributed by atoms with Crippen molar-refractivity contribution < 1.29 is 13.9 Å². The van der Waals surface area contributed by atoms with Crippen molar-refractivity contribution in [3.8, 4) is 0 Å². The number of benzene rings is 1. The summed E-state index contributed by atoms with van der Waals surface area (Å²) in [4.78, 5) is 11.5. The molecule has 0 aliphatic carbocycles. The first-order valence-corrected chi connectivity index (χ1v) is 5.73. The van der Waals surface area contributed by atoms with E-state index in [9.17, 15) is 9.18 Å². The highest BCUT2D eigenvalue weighted by atomic mass is 79.9. The molecular formula is C11H14BrFN2O2. The number of ether oxygens (including phenoxy) is 1. The second-order valence-corrected chi connectivity index (χ2v) is 5.39. The summed E-state index contributed by atoms with van der Waals surface area (Å²) in [6.07, 6.45) is -0.745. The average Bonchev–Trinajstić information content (AvgIpc) is 2.08. The molecule has 1 rings (SSSR count). The Balaban J connectivity index is 2.86. The first-order chi connectivity index (χ1) is 7.69. The van der Waals surface area contributed by atoms with Crippen LogP contribution in [0.25, 0.3) is 0 Å². The smallest absolute Gasteiger partial charge is 0.412 e. The van der Waals surface area contributed by atoms with Gasteiger partial charge in [-0.05, 0) is 32.9 Å². The zero-order valence-corrected chi connectivity index (χ0v) is 11.4. The topological polar surface area (TPSA) is 64.3 Å². The molecule has 17 heavy (non-hydrogen) atoms. The average molecular weight is 305 g/mol. The molecule has 0 bridgehead atoms. The highest BCUT2D eigenvalue weighted by Crippen LogP contribution is 2.27. The third kappa shape index (κ3) is 4.22. The summed E-state index contributed by atoms with van der Waals surface area (Å²) in [6, 6.07) is 2.71. The number of hydrogen-bond donors (Lipinski definition) is 2. The Morgan fingerprint density at radius 3 is 2.53 bits per heavy atom. The van der Waals surface area contributed by atoms with Gasteiger partial charge >= 0.3 is 6.09 Å². The largest absolute Gasteiger partial charge is 0.444 e. The fraction of sp³-hybridized carbons (Fsp3) is 0.364. The van der Waals surface area contributed by atoms with Gasteiger partial charge in [-0.2, -0.15) is 0 Å². The van der Waals surface area contributed by atoms with Gasteiger partial charge < -0.3 is 10.5 Å². The highest BCUT2D eigenvalue weighted by Gasteiger charge is 2.18. The Labute approximate surface area is 107 Å². The monoisotopic (exact) mass is 304 g/mol. The number of nitrogens with two attached hydrogens (primary N) is 1. The van der Waals surface area contributed by atoms with E-state index in [1.165, 1.54) is 12.1 Å². The van der Waals surface area contributed by atoms with Gasteiger partial charge in [0.2, 0.25) is 0 Å². The summed E-state index contributed by atoms with van der Waals surface area (Å²) >= 11 is 3.10. The van der Waals surface area contributed by atoms with E-state index in [4.69, 9.17) is 10.5 Å². The van der Waals surface area contributed by atoms with Crippen molar-refractivity contribution in [3.63, 3.8) is 0 Å². The fourth-order valence-electron chi connectivity index (χ4n) is 1.13. The minimum atomic E-state index is -0.745. The number of rotatable bonds is 1. The lowest BCUT2D eigenvalue weighted by atomic mass is 10.2. The van der Waals surface area contributed by atoms with E-state index in [2.05, 4.69) is 21.2 Å². The van der Waals surface area contributed by atoms with Gasteiger partial charge in [0.25, 0.3) is 0 Å². The predicted molar refractivity (Wildman–Crippen MR) is 68.4 cm³/mol. The van der Waals surface area contributed by atoms with Crippen LogP contribution in [0.3, 0.4) is 0 Å². The number of halogens is 2. The lowest BCUT2D eigenvalue weighted by molar-refractivity contribution is 0.0635. The number of hydrogen-bond acceptors (Lipinski definition) is 3. The van der Waals surface area contributed by atoms with Crippen LogP contribution in [-0.4, -0.2) is 11.7 Å². The van der Waals surface area contributed by atoms with Crippen molar-refractivity contribution >= 4 is 33.4 Å². The van der Waals surface area contributed by atoms with Gasteiger partial charge in [0, 0.05) is 4.47 Å². The SMILES string of the molecule is CC(C)(C)OC(=O)Nc1c(N)cc(Br)cc1F. The molecule has 0 atom stereocenters. The van der Waals surface area contributed by atoms with Crippen LogP contribution in [0.2, 0.25) is 0 Å². The predicted octanol–water partition coefficient (Wildman–Crippen LogP) is 3.52. The Kier molecular flexibility index (Phi) is 3.98. The van der Waals surface area contributed by atoms with Crippen LogP contribution in [-0.2, 0) is 4.74 Å². The van der Waals surface area contributed by atoms with E-state index >= 15 is 0 Å². The number of amides is 1. The Morgan fingerprint density at radius 2 is 2.06 bits per heavy atom. The number of anilines is 2. The van der Waals surface area contributed by atoms with Crippen molar-refractivity contribution in [2.24, 2.45) is 0 Å². The molecule has 1 amide bonds. The number of nitrogens with one attached hydrogen (secondary N) is 1. The van der Waals surface area contributed by atoms with E-state index < -0.39 is 17.5 Å². The van der Waals surface area contributed by atoms with Crippen LogP contribution in [0.4, 0.5) is 20.6 Å². The Morgan fingerprint density at radius 1 is 1.47 bits per heavy atom. The second-order valence-electron chi connectivity index (χ2n) is 4.48. The van der Waals surface area contributed by atoms with Crippen LogP contribution in [0.5, 0.6) is 0 Å². The molecule has 94 valence electrons. The van der Waals surface area contributed by atoms with Gasteiger partial charge in [-0.3, -0.25) is 5.32 Å². The van der Waals surface area contributed by atoms with Gasteiger partial charge in [0.1, 0.15) is 17.1 Å².